The second-order valence-corrected chi connectivity index (χ2v) is 7.37. The molecule has 2 aliphatic rings. The highest BCUT2D eigenvalue weighted by Crippen LogP contribution is 2.42. The Labute approximate surface area is 140 Å². The van der Waals surface area contributed by atoms with E-state index in [-0.39, 0.29) is 24.2 Å². The highest BCUT2D eigenvalue weighted by atomic mass is 16.7. The molecular weight excluding hydrogens is 306 g/mol. The number of carbonyl (C=O) groups excluding carboxylic acids is 1. The lowest BCUT2D eigenvalue weighted by Gasteiger charge is -2.34. The van der Waals surface area contributed by atoms with Crippen molar-refractivity contribution in [2.45, 2.75) is 39.7 Å². The molecule has 2 aromatic rings. The van der Waals surface area contributed by atoms with E-state index < -0.39 is 0 Å². The van der Waals surface area contributed by atoms with Gasteiger partial charge in [0.25, 0.3) is 5.91 Å². The Morgan fingerprint density at radius 3 is 2.83 bits per heavy atom. The summed E-state index contributed by atoms with van der Waals surface area (Å²) in [4.78, 5) is 12.7. The van der Waals surface area contributed by atoms with Gasteiger partial charge in [-0.1, -0.05) is 13.8 Å². The lowest BCUT2D eigenvalue weighted by Crippen LogP contribution is -2.36. The standard InChI is InChI=1S/C19H21NO4/c1-11-6-13-14(8-19(2,3)9-17(13)24-11)20-18(21)12-4-5-15-16(7-12)23-10-22-15/h4-7,14H,8-10H2,1-3H3,(H,20,21)/t14-/m0/s1. The van der Waals surface area contributed by atoms with Crippen molar-refractivity contribution >= 4 is 5.91 Å². The van der Waals surface area contributed by atoms with Crippen molar-refractivity contribution in [2.75, 3.05) is 6.79 Å². The van der Waals surface area contributed by atoms with Gasteiger partial charge in [0.1, 0.15) is 11.5 Å². The number of amides is 1. The summed E-state index contributed by atoms with van der Waals surface area (Å²) in [6.07, 6.45) is 1.78. The zero-order valence-corrected chi connectivity index (χ0v) is 14.1. The summed E-state index contributed by atoms with van der Waals surface area (Å²) >= 11 is 0. The van der Waals surface area contributed by atoms with Crippen molar-refractivity contribution in [3.05, 3.63) is 46.9 Å². The molecule has 1 atom stereocenters. The predicted octanol–water partition coefficient (Wildman–Crippen LogP) is 3.76. The van der Waals surface area contributed by atoms with E-state index in [4.69, 9.17) is 13.9 Å². The minimum Gasteiger partial charge on any atom is -0.466 e. The molecule has 5 nitrogen and oxygen atoms in total. The van der Waals surface area contributed by atoms with E-state index in [1.807, 2.05) is 13.0 Å². The van der Waals surface area contributed by atoms with Gasteiger partial charge >= 0.3 is 0 Å². The van der Waals surface area contributed by atoms with Gasteiger partial charge in [0.2, 0.25) is 6.79 Å². The number of hydrogen-bond donors (Lipinski definition) is 1. The molecule has 0 fully saturated rings. The summed E-state index contributed by atoms with van der Waals surface area (Å²) in [7, 11) is 0. The van der Waals surface area contributed by atoms with Gasteiger partial charge in [-0.05, 0) is 43.0 Å². The van der Waals surface area contributed by atoms with Crippen molar-refractivity contribution < 1.29 is 18.7 Å². The van der Waals surface area contributed by atoms with E-state index >= 15 is 0 Å². The summed E-state index contributed by atoms with van der Waals surface area (Å²) in [5.41, 5.74) is 1.76. The molecule has 126 valence electrons. The Hall–Kier alpha value is -2.43. The smallest absolute Gasteiger partial charge is 0.251 e. The molecule has 1 N–H and O–H groups in total. The number of rotatable bonds is 2. The monoisotopic (exact) mass is 327 g/mol. The number of hydrogen-bond acceptors (Lipinski definition) is 4. The van der Waals surface area contributed by atoms with E-state index in [0.29, 0.717) is 17.1 Å². The number of furan rings is 1. The number of carbonyl (C=O) groups is 1. The van der Waals surface area contributed by atoms with Crippen LogP contribution in [-0.2, 0) is 6.42 Å². The molecule has 1 amide bonds. The van der Waals surface area contributed by atoms with Crippen LogP contribution in [0.3, 0.4) is 0 Å². The first-order valence-corrected chi connectivity index (χ1v) is 8.21. The number of nitrogens with one attached hydrogen (secondary N) is 1. The largest absolute Gasteiger partial charge is 0.466 e. The fourth-order valence-electron chi connectivity index (χ4n) is 3.59. The van der Waals surface area contributed by atoms with Crippen molar-refractivity contribution in [2.24, 2.45) is 5.41 Å². The molecule has 0 radical (unpaired) electrons. The Bertz CT molecular complexity index is 806. The lowest BCUT2D eigenvalue weighted by atomic mass is 9.74. The molecule has 0 bridgehead atoms. The molecular formula is C19H21NO4. The van der Waals surface area contributed by atoms with Gasteiger partial charge in [-0.2, -0.15) is 0 Å². The highest BCUT2D eigenvalue weighted by molar-refractivity contribution is 5.95. The first kappa shape index (κ1) is 15.1. The first-order valence-electron chi connectivity index (χ1n) is 8.21. The van der Waals surface area contributed by atoms with Gasteiger partial charge in [-0.25, -0.2) is 0 Å². The number of aryl methyl sites for hydroxylation is 1. The van der Waals surface area contributed by atoms with Gasteiger partial charge in [-0.3, -0.25) is 4.79 Å². The van der Waals surface area contributed by atoms with E-state index in [0.717, 1.165) is 29.9 Å². The Kier molecular flexibility index (Phi) is 3.34. The molecule has 1 aromatic carbocycles. The summed E-state index contributed by atoms with van der Waals surface area (Å²) in [5.74, 6) is 3.06. The molecule has 1 aliphatic carbocycles. The SMILES string of the molecule is Cc1cc2c(o1)CC(C)(C)C[C@@H]2NC(=O)c1ccc2c(c1)OCO2. The van der Waals surface area contributed by atoms with E-state index in [1.165, 1.54) is 0 Å². The molecule has 1 aromatic heterocycles. The van der Waals surface area contributed by atoms with Crippen molar-refractivity contribution in [1.82, 2.24) is 5.32 Å². The number of fused-ring (bicyclic) bond motifs is 2. The molecule has 0 spiro atoms. The predicted molar refractivity (Wildman–Crippen MR) is 88.3 cm³/mol. The Morgan fingerprint density at radius 2 is 2.00 bits per heavy atom. The van der Waals surface area contributed by atoms with E-state index in [1.54, 1.807) is 18.2 Å². The Balaban J connectivity index is 1.59. The van der Waals surface area contributed by atoms with Gasteiger partial charge < -0.3 is 19.2 Å². The molecule has 4 rings (SSSR count). The molecule has 5 heteroatoms. The highest BCUT2D eigenvalue weighted by Gasteiger charge is 2.35. The molecule has 0 saturated heterocycles. The molecule has 1 aliphatic heterocycles. The van der Waals surface area contributed by atoms with Gasteiger partial charge in [0.05, 0.1) is 6.04 Å². The summed E-state index contributed by atoms with van der Waals surface area (Å²) in [6, 6.07) is 7.26. The molecule has 0 saturated carbocycles. The zero-order valence-electron chi connectivity index (χ0n) is 14.1. The minimum atomic E-state index is -0.110. The van der Waals surface area contributed by atoms with Crippen LogP contribution >= 0.6 is 0 Å². The third-order valence-corrected chi connectivity index (χ3v) is 4.68. The van der Waals surface area contributed by atoms with Crippen LogP contribution in [0, 0.1) is 12.3 Å². The van der Waals surface area contributed by atoms with Crippen molar-refractivity contribution in [3.8, 4) is 11.5 Å². The van der Waals surface area contributed by atoms with Gasteiger partial charge in [0.15, 0.2) is 11.5 Å². The van der Waals surface area contributed by atoms with Crippen LogP contribution in [0.2, 0.25) is 0 Å². The average Bonchev–Trinajstić information content (AvgIpc) is 3.10. The van der Waals surface area contributed by atoms with Crippen molar-refractivity contribution in [3.63, 3.8) is 0 Å². The maximum Gasteiger partial charge on any atom is 0.251 e. The lowest BCUT2D eigenvalue weighted by molar-refractivity contribution is 0.0917. The van der Waals surface area contributed by atoms with E-state index in [2.05, 4.69) is 19.2 Å². The van der Waals surface area contributed by atoms with E-state index in [9.17, 15) is 4.79 Å². The fourth-order valence-corrected chi connectivity index (χ4v) is 3.59. The normalized spacial score (nSPS) is 20.5. The van der Waals surface area contributed by atoms with Crippen LogP contribution in [0.5, 0.6) is 11.5 Å². The van der Waals surface area contributed by atoms with Crippen LogP contribution in [0.25, 0.3) is 0 Å². The third kappa shape index (κ3) is 2.64. The van der Waals surface area contributed by atoms with Crippen LogP contribution in [0.1, 0.15) is 53.8 Å². The summed E-state index contributed by atoms with van der Waals surface area (Å²) in [5, 5.41) is 3.16. The maximum absolute atomic E-state index is 12.7. The molecule has 24 heavy (non-hydrogen) atoms. The van der Waals surface area contributed by atoms with Crippen LogP contribution in [-0.4, -0.2) is 12.7 Å². The second-order valence-electron chi connectivity index (χ2n) is 7.37. The second kappa shape index (κ2) is 5.30. The van der Waals surface area contributed by atoms with Crippen LogP contribution in [0.4, 0.5) is 0 Å². The van der Waals surface area contributed by atoms with Gasteiger partial charge in [-0.15, -0.1) is 0 Å². The number of ether oxygens (including phenoxy) is 2. The third-order valence-electron chi connectivity index (χ3n) is 4.68. The van der Waals surface area contributed by atoms with Gasteiger partial charge in [0, 0.05) is 17.5 Å². The summed E-state index contributed by atoms with van der Waals surface area (Å²) < 4.78 is 16.5. The molecule has 0 unspecified atom stereocenters. The quantitative estimate of drug-likeness (QED) is 0.912. The minimum absolute atomic E-state index is 0.0425. The maximum atomic E-state index is 12.7. The molecule has 2 heterocycles. The first-order chi connectivity index (χ1) is 11.4. The average molecular weight is 327 g/mol. The fraction of sp³-hybridized carbons (Fsp3) is 0.421. The number of benzene rings is 1. The topological polar surface area (TPSA) is 60.7 Å². The van der Waals surface area contributed by atoms with Crippen molar-refractivity contribution in [1.29, 1.82) is 0 Å². The Morgan fingerprint density at radius 1 is 1.21 bits per heavy atom. The van der Waals surface area contributed by atoms with Crippen LogP contribution in [0.15, 0.2) is 28.7 Å². The zero-order chi connectivity index (χ0) is 16.9. The van der Waals surface area contributed by atoms with Crippen LogP contribution < -0.4 is 14.8 Å². The summed E-state index contributed by atoms with van der Waals surface area (Å²) in [6.45, 7) is 6.55.